The Morgan fingerprint density at radius 3 is 2.21 bits per heavy atom. The number of nitrogens with zero attached hydrogens (tertiary/aromatic N) is 4. The van der Waals surface area contributed by atoms with E-state index in [4.69, 9.17) is 0 Å². The van der Waals surface area contributed by atoms with Gasteiger partial charge in [0, 0.05) is 24.3 Å². The van der Waals surface area contributed by atoms with Crippen LogP contribution in [0.4, 0.5) is 0 Å². The summed E-state index contributed by atoms with van der Waals surface area (Å²) in [5.74, 6) is -0.0593. The average molecular weight is 523 g/mol. The topological polar surface area (TPSA) is 64.7 Å². The molecule has 0 spiro atoms. The van der Waals surface area contributed by atoms with Crippen LogP contribution in [0, 0.1) is 27.7 Å². The van der Waals surface area contributed by atoms with Crippen molar-refractivity contribution < 1.29 is 4.79 Å². The molecule has 1 aromatic carbocycles. The summed E-state index contributed by atoms with van der Waals surface area (Å²) in [6.07, 6.45) is 0.819. The molecule has 0 fully saturated rings. The Balaban J connectivity index is 1.56. The van der Waals surface area contributed by atoms with Gasteiger partial charge in [-0.3, -0.25) is 14.2 Å². The van der Waals surface area contributed by atoms with Crippen molar-refractivity contribution in [2.24, 2.45) is 0 Å². The Hall–Kier alpha value is -1.93. The highest BCUT2D eigenvalue weighted by Crippen LogP contribution is 2.21. The van der Waals surface area contributed by atoms with Crippen LogP contribution >= 0.6 is 31.9 Å². The van der Waals surface area contributed by atoms with Crippen molar-refractivity contribution in [2.45, 2.75) is 47.2 Å². The van der Waals surface area contributed by atoms with E-state index in [1.165, 1.54) is 0 Å². The molecule has 2 heterocycles. The van der Waals surface area contributed by atoms with Crippen LogP contribution in [0.1, 0.15) is 45.1 Å². The number of carbonyl (C=O) groups is 1. The molecule has 0 unspecified atom stereocenters. The summed E-state index contributed by atoms with van der Waals surface area (Å²) in [6.45, 7) is 10.0. The number of halogens is 2. The zero-order chi connectivity index (χ0) is 21.1. The van der Waals surface area contributed by atoms with Crippen molar-refractivity contribution in [2.75, 3.05) is 6.54 Å². The van der Waals surface area contributed by atoms with Crippen LogP contribution in [0.5, 0.6) is 0 Å². The van der Waals surface area contributed by atoms with E-state index in [1.54, 1.807) is 0 Å². The maximum Gasteiger partial charge on any atom is 0.251 e. The van der Waals surface area contributed by atoms with Crippen molar-refractivity contribution in [3.8, 4) is 0 Å². The molecule has 0 aliphatic rings. The van der Waals surface area contributed by atoms with Gasteiger partial charge < -0.3 is 5.32 Å². The van der Waals surface area contributed by atoms with Crippen LogP contribution in [0.15, 0.2) is 33.2 Å². The highest BCUT2D eigenvalue weighted by molar-refractivity contribution is 9.10. The SMILES string of the molecule is Cc1nn(CCCNC(=O)c2cccc(Cn3nc(C)c(Br)c3C)c2)c(C)c1Br. The Morgan fingerprint density at radius 2 is 1.62 bits per heavy atom. The molecule has 0 aliphatic carbocycles. The number of aryl methyl sites for hydroxylation is 3. The highest BCUT2D eigenvalue weighted by atomic mass is 79.9. The van der Waals surface area contributed by atoms with E-state index < -0.39 is 0 Å². The number of rotatable bonds is 7. The van der Waals surface area contributed by atoms with Gasteiger partial charge in [-0.15, -0.1) is 0 Å². The first kappa shape index (κ1) is 21.8. The number of nitrogens with one attached hydrogen (secondary N) is 1. The Kier molecular flexibility index (Phi) is 6.95. The summed E-state index contributed by atoms with van der Waals surface area (Å²) in [5, 5.41) is 12.0. The van der Waals surface area contributed by atoms with Gasteiger partial charge in [-0.1, -0.05) is 12.1 Å². The predicted octanol–water partition coefficient (Wildman–Crippen LogP) is 4.71. The maximum atomic E-state index is 12.5. The van der Waals surface area contributed by atoms with Crippen LogP contribution in [-0.4, -0.2) is 32.0 Å². The number of aromatic nitrogens is 4. The molecular formula is C21H25Br2N5O. The largest absolute Gasteiger partial charge is 0.352 e. The lowest BCUT2D eigenvalue weighted by molar-refractivity contribution is 0.0952. The molecule has 3 rings (SSSR count). The summed E-state index contributed by atoms with van der Waals surface area (Å²) in [7, 11) is 0. The number of hydrogen-bond acceptors (Lipinski definition) is 3. The minimum atomic E-state index is -0.0593. The van der Waals surface area contributed by atoms with Crippen LogP contribution in [0.2, 0.25) is 0 Å². The van der Waals surface area contributed by atoms with E-state index in [9.17, 15) is 4.79 Å². The van der Waals surface area contributed by atoms with Gasteiger partial charge in [0.05, 0.1) is 32.6 Å². The molecule has 2 aromatic heterocycles. The molecular weight excluding hydrogens is 498 g/mol. The smallest absolute Gasteiger partial charge is 0.251 e. The van der Waals surface area contributed by atoms with Gasteiger partial charge in [-0.2, -0.15) is 10.2 Å². The van der Waals surface area contributed by atoms with E-state index in [2.05, 4.69) is 47.4 Å². The van der Waals surface area contributed by atoms with Crippen LogP contribution in [0.3, 0.4) is 0 Å². The van der Waals surface area contributed by atoms with Gasteiger partial charge in [0.25, 0.3) is 5.91 Å². The summed E-state index contributed by atoms with van der Waals surface area (Å²) in [6, 6.07) is 7.70. The molecule has 0 atom stereocenters. The zero-order valence-corrected chi connectivity index (χ0v) is 20.3. The summed E-state index contributed by atoms with van der Waals surface area (Å²) < 4.78 is 6.00. The lowest BCUT2D eigenvalue weighted by Crippen LogP contribution is -2.25. The molecule has 0 radical (unpaired) electrons. The van der Waals surface area contributed by atoms with E-state index >= 15 is 0 Å². The van der Waals surface area contributed by atoms with Crippen molar-refractivity contribution in [1.82, 2.24) is 24.9 Å². The third-order valence-corrected chi connectivity index (χ3v) is 7.24. The van der Waals surface area contributed by atoms with E-state index in [1.807, 2.05) is 61.3 Å². The Labute approximate surface area is 187 Å². The zero-order valence-electron chi connectivity index (χ0n) is 17.1. The minimum Gasteiger partial charge on any atom is -0.352 e. The van der Waals surface area contributed by atoms with E-state index in [-0.39, 0.29) is 5.91 Å². The second kappa shape index (κ2) is 9.26. The first-order chi connectivity index (χ1) is 13.8. The Bertz CT molecular complexity index is 1040. The van der Waals surface area contributed by atoms with Gasteiger partial charge >= 0.3 is 0 Å². The monoisotopic (exact) mass is 521 g/mol. The molecule has 0 bridgehead atoms. The Morgan fingerprint density at radius 1 is 1.00 bits per heavy atom. The molecule has 0 saturated heterocycles. The van der Waals surface area contributed by atoms with Crippen LogP contribution in [0.25, 0.3) is 0 Å². The number of hydrogen-bond donors (Lipinski definition) is 1. The first-order valence-electron chi connectivity index (χ1n) is 9.54. The molecule has 0 saturated carbocycles. The van der Waals surface area contributed by atoms with E-state index in [0.717, 1.165) is 50.3 Å². The van der Waals surface area contributed by atoms with Crippen molar-refractivity contribution in [3.05, 3.63) is 67.1 Å². The molecule has 8 heteroatoms. The quantitative estimate of drug-likeness (QED) is 0.457. The van der Waals surface area contributed by atoms with Crippen LogP contribution in [-0.2, 0) is 13.1 Å². The minimum absolute atomic E-state index is 0.0593. The van der Waals surface area contributed by atoms with Gasteiger partial charge in [0.15, 0.2) is 0 Å². The summed E-state index contributed by atoms with van der Waals surface area (Å²) in [5.41, 5.74) is 5.84. The van der Waals surface area contributed by atoms with Gasteiger partial charge in [-0.25, -0.2) is 0 Å². The molecule has 1 N–H and O–H groups in total. The molecule has 3 aromatic rings. The fourth-order valence-electron chi connectivity index (χ4n) is 3.24. The molecule has 1 amide bonds. The fourth-order valence-corrected chi connectivity index (χ4v) is 3.81. The van der Waals surface area contributed by atoms with Gasteiger partial charge in [-0.05, 0) is 83.7 Å². The number of carbonyl (C=O) groups excluding carboxylic acids is 1. The number of amides is 1. The van der Waals surface area contributed by atoms with Gasteiger partial charge in [0.2, 0.25) is 0 Å². The molecule has 6 nitrogen and oxygen atoms in total. The van der Waals surface area contributed by atoms with Crippen molar-refractivity contribution in [3.63, 3.8) is 0 Å². The summed E-state index contributed by atoms with van der Waals surface area (Å²) >= 11 is 7.10. The molecule has 154 valence electrons. The lowest BCUT2D eigenvalue weighted by Gasteiger charge is -2.09. The van der Waals surface area contributed by atoms with Crippen molar-refractivity contribution in [1.29, 1.82) is 0 Å². The third kappa shape index (κ3) is 4.98. The van der Waals surface area contributed by atoms with E-state index in [0.29, 0.717) is 18.7 Å². The normalized spacial score (nSPS) is 11.1. The van der Waals surface area contributed by atoms with Crippen molar-refractivity contribution >= 4 is 37.8 Å². The average Bonchev–Trinajstić information content (AvgIpc) is 3.09. The number of benzene rings is 1. The predicted molar refractivity (Wildman–Crippen MR) is 121 cm³/mol. The third-order valence-electron chi connectivity index (χ3n) is 4.94. The standard InChI is InChI=1S/C21H25Br2N5O/c1-13-19(22)15(3)27(25-13)10-6-9-24-21(29)18-8-5-7-17(11-18)12-28-16(4)20(23)14(2)26-28/h5,7-8,11H,6,9-10,12H2,1-4H3,(H,24,29). The fraction of sp³-hybridized carbons (Fsp3) is 0.381. The van der Waals surface area contributed by atoms with Gasteiger partial charge in [0.1, 0.15) is 0 Å². The van der Waals surface area contributed by atoms with Crippen LogP contribution < -0.4 is 5.32 Å². The molecule has 29 heavy (non-hydrogen) atoms. The maximum absolute atomic E-state index is 12.5. The first-order valence-corrected chi connectivity index (χ1v) is 11.1. The lowest BCUT2D eigenvalue weighted by atomic mass is 10.1. The second-order valence-electron chi connectivity index (χ2n) is 7.16. The molecule has 0 aliphatic heterocycles. The second-order valence-corrected chi connectivity index (χ2v) is 8.75. The summed E-state index contributed by atoms with van der Waals surface area (Å²) in [4.78, 5) is 12.5. The highest BCUT2D eigenvalue weighted by Gasteiger charge is 2.11.